The normalized spacial score (nSPS) is 10.3. The zero-order valence-corrected chi connectivity index (χ0v) is 9.05. The fourth-order valence-electron chi connectivity index (χ4n) is 1.14. The van der Waals surface area contributed by atoms with E-state index in [0.717, 1.165) is 19.3 Å². The number of H-pyrrole nitrogens is 1. The van der Waals surface area contributed by atoms with E-state index in [4.69, 9.17) is 16.7 Å². The van der Waals surface area contributed by atoms with E-state index in [1.165, 1.54) is 6.20 Å². The second-order valence-corrected chi connectivity index (χ2v) is 3.52. The van der Waals surface area contributed by atoms with Crippen LogP contribution in [0, 0.1) is 0 Å². The van der Waals surface area contributed by atoms with Crippen molar-refractivity contribution in [2.75, 3.05) is 18.5 Å². The number of nitrogens with one attached hydrogen (secondary N) is 2. The maximum absolute atomic E-state index is 11.1. The minimum absolute atomic E-state index is 0.132. The van der Waals surface area contributed by atoms with Crippen molar-refractivity contribution >= 4 is 17.3 Å². The van der Waals surface area contributed by atoms with Crippen LogP contribution in [0.5, 0.6) is 0 Å². The van der Waals surface area contributed by atoms with Gasteiger partial charge in [0, 0.05) is 13.2 Å². The smallest absolute Gasteiger partial charge is 0.285 e. The molecule has 0 saturated heterocycles. The molecule has 84 valence electrons. The van der Waals surface area contributed by atoms with Gasteiger partial charge in [0.15, 0.2) is 0 Å². The molecule has 0 spiro atoms. The number of unbranched alkanes of at least 4 members (excludes halogenated alkanes) is 2. The average molecular weight is 232 g/mol. The molecular formula is C9H14ClN3O2. The van der Waals surface area contributed by atoms with Gasteiger partial charge in [-0.1, -0.05) is 11.6 Å². The van der Waals surface area contributed by atoms with Gasteiger partial charge in [0.25, 0.3) is 5.56 Å². The Bertz CT molecular complexity index is 353. The van der Waals surface area contributed by atoms with Crippen molar-refractivity contribution in [2.24, 2.45) is 0 Å². The van der Waals surface area contributed by atoms with Gasteiger partial charge in [-0.2, -0.15) is 5.10 Å². The lowest BCUT2D eigenvalue weighted by Crippen LogP contribution is -2.12. The van der Waals surface area contributed by atoms with Gasteiger partial charge in [-0.3, -0.25) is 4.79 Å². The molecule has 1 heterocycles. The van der Waals surface area contributed by atoms with Gasteiger partial charge in [0.05, 0.1) is 11.9 Å². The monoisotopic (exact) mass is 231 g/mol. The largest absolute Gasteiger partial charge is 0.396 e. The molecule has 0 bridgehead atoms. The molecule has 5 nitrogen and oxygen atoms in total. The molecule has 0 unspecified atom stereocenters. The van der Waals surface area contributed by atoms with Crippen LogP contribution in [0.15, 0.2) is 11.0 Å². The lowest BCUT2D eigenvalue weighted by molar-refractivity contribution is 0.283. The topological polar surface area (TPSA) is 78.0 Å². The van der Waals surface area contributed by atoms with E-state index in [-0.39, 0.29) is 11.6 Å². The number of hydrogen-bond acceptors (Lipinski definition) is 4. The molecule has 15 heavy (non-hydrogen) atoms. The number of nitrogens with zero attached hydrogens (tertiary/aromatic N) is 1. The van der Waals surface area contributed by atoms with Gasteiger partial charge in [-0.05, 0) is 19.3 Å². The van der Waals surface area contributed by atoms with Crippen LogP contribution >= 0.6 is 11.6 Å². The first-order chi connectivity index (χ1) is 7.25. The summed E-state index contributed by atoms with van der Waals surface area (Å²) in [5, 5.41) is 17.6. The van der Waals surface area contributed by atoms with Crippen molar-refractivity contribution in [1.82, 2.24) is 10.2 Å². The Kier molecular flexibility index (Phi) is 5.14. The van der Waals surface area contributed by atoms with E-state index in [9.17, 15) is 4.79 Å². The van der Waals surface area contributed by atoms with E-state index in [1.54, 1.807) is 0 Å². The van der Waals surface area contributed by atoms with E-state index in [2.05, 4.69) is 15.5 Å². The molecule has 1 aromatic heterocycles. The van der Waals surface area contributed by atoms with E-state index >= 15 is 0 Å². The van der Waals surface area contributed by atoms with Crippen molar-refractivity contribution in [3.8, 4) is 0 Å². The van der Waals surface area contributed by atoms with Gasteiger partial charge in [0.2, 0.25) is 0 Å². The van der Waals surface area contributed by atoms with E-state index in [1.807, 2.05) is 0 Å². The fraction of sp³-hybridized carbons (Fsp3) is 0.556. The Labute approximate surface area is 92.5 Å². The zero-order valence-electron chi connectivity index (χ0n) is 8.29. The van der Waals surface area contributed by atoms with Crippen LogP contribution in [0.3, 0.4) is 0 Å². The van der Waals surface area contributed by atoms with Crippen LogP contribution in [-0.4, -0.2) is 28.5 Å². The molecule has 0 radical (unpaired) electrons. The number of aliphatic hydroxyl groups is 1. The second-order valence-electron chi connectivity index (χ2n) is 3.14. The molecule has 6 heteroatoms. The van der Waals surface area contributed by atoms with Gasteiger partial charge in [-0.15, -0.1) is 0 Å². The first-order valence-electron chi connectivity index (χ1n) is 4.83. The third kappa shape index (κ3) is 3.89. The maximum atomic E-state index is 11.1. The maximum Gasteiger partial charge on any atom is 0.285 e. The predicted molar refractivity (Wildman–Crippen MR) is 59.3 cm³/mol. The molecule has 0 aliphatic rings. The Morgan fingerprint density at radius 3 is 3.00 bits per heavy atom. The summed E-state index contributed by atoms with van der Waals surface area (Å²) >= 11 is 5.75. The standard InChI is InChI=1S/C9H14ClN3O2/c10-8-7(6-12-13-9(8)15)11-4-2-1-3-5-14/h6,14H,1-5H2,(H2,11,13,15). The molecule has 0 fully saturated rings. The Morgan fingerprint density at radius 1 is 1.47 bits per heavy atom. The number of anilines is 1. The van der Waals surface area contributed by atoms with E-state index < -0.39 is 5.56 Å². The number of rotatable bonds is 6. The summed E-state index contributed by atoms with van der Waals surface area (Å²) < 4.78 is 0. The summed E-state index contributed by atoms with van der Waals surface area (Å²) in [5.41, 5.74) is 0.154. The highest BCUT2D eigenvalue weighted by molar-refractivity contribution is 6.32. The number of aromatic nitrogens is 2. The summed E-state index contributed by atoms with van der Waals surface area (Å²) in [7, 11) is 0. The summed E-state index contributed by atoms with van der Waals surface area (Å²) in [6.07, 6.45) is 4.14. The Hall–Kier alpha value is -1.07. The molecule has 0 saturated carbocycles. The van der Waals surface area contributed by atoms with Crippen LogP contribution in [0.4, 0.5) is 5.69 Å². The van der Waals surface area contributed by atoms with Crippen molar-refractivity contribution in [1.29, 1.82) is 0 Å². The van der Waals surface area contributed by atoms with Gasteiger partial charge in [-0.25, -0.2) is 5.10 Å². The number of halogens is 1. The van der Waals surface area contributed by atoms with Gasteiger partial charge < -0.3 is 10.4 Å². The van der Waals surface area contributed by atoms with Crippen LogP contribution in [0.25, 0.3) is 0 Å². The summed E-state index contributed by atoms with van der Waals surface area (Å²) in [4.78, 5) is 11.1. The third-order valence-electron chi connectivity index (χ3n) is 1.95. The SMILES string of the molecule is O=c1[nH]ncc(NCCCCCO)c1Cl. The minimum Gasteiger partial charge on any atom is -0.396 e. The van der Waals surface area contributed by atoms with Gasteiger partial charge in [0.1, 0.15) is 5.02 Å². The first kappa shape index (κ1) is 12.0. The van der Waals surface area contributed by atoms with Crippen LogP contribution < -0.4 is 10.9 Å². The molecule has 0 amide bonds. The second kappa shape index (κ2) is 6.42. The summed E-state index contributed by atoms with van der Waals surface area (Å²) in [6, 6.07) is 0. The Morgan fingerprint density at radius 2 is 2.27 bits per heavy atom. The number of aromatic amines is 1. The van der Waals surface area contributed by atoms with Crippen molar-refractivity contribution in [3.63, 3.8) is 0 Å². The van der Waals surface area contributed by atoms with Crippen LogP contribution in [0.1, 0.15) is 19.3 Å². The lowest BCUT2D eigenvalue weighted by Gasteiger charge is -2.05. The summed E-state index contributed by atoms with van der Waals surface area (Å²) in [5.74, 6) is 0. The Balaban J connectivity index is 2.38. The minimum atomic E-state index is -0.392. The predicted octanol–water partition coefficient (Wildman–Crippen LogP) is 0.998. The fourth-order valence-corrected chi connectivity index (χ4v) is 1.30. The van der Waals surface area contributed by atoms with Crippen LogP contribution in [-0.2, 0) is 0 Å². The highest BCUT2D eigenvalue weighted by Crippen LogP contribution is 2.14. The van der Waals surface area contributed by atoms with Crippen LogP contribution in [0.2, 0.25) is 5.02 Å². The number of aliphatic hydroxyl groups excluding tert-OH is 1. The highest BCUT2D eigenvalue weighted by Gasteiger charge is 2.03. The van der Waals surface area contributed by atoms with E-state index in [0.29, 0.717) is 12.2 Å². The van der Waals surface area contributed by atoms with Crippen molar-refractivity contribution < 1.29 is 5.11 Å². The third-order valence-corrected chi connectivity index (χ3v) is 2.32. The van der Waals surface area contributed by atoms with Crippen molar-refractivity contribution in [3.05, 3.63) is 21.6 Å². The summed E-state index contributed by atoms with van der Waals surface area (Å²) in [6.45, 7) is 0.929. The zero-order chi connectivity index (χ0) is 11.1. The molecule has 3 N–H and O–H groups in total. The lowest BCUT2D eigenvalue weighted by atomic mass is 10.2. The number of hydrogen-bond donors (Lipinski definition) is 3. The molecule has 0 aromatic carbocycles. The molecular weight excluding hydrogens is 218 g/mol. The van der Waals surface area contributed by atoms with Gasteiger partial charge >= 0.3 is 0 Å². The van der Waals surface area contributed by atoms with Crippen molar-refractivity contribution in [2.45, 2.75) is 19.3 Å². The first-order valence-corrected chi connectivity index (χ1v) is 5.21. The molecule has 0 aliphatic heterocycles. The quantitative estimate of drug-likeness (QED) is 0.639. The molecule has 0 aliphatic carbocycles. The average Bonchev–Trinajstić information content (AvgIpc) is 2.24. The molecule has 1 aromatic rings. The molecule has 1 rings (SSSR count). The highest BCUT2D eigenvalue weighted by atomic mass is 35.5. The molecule has 0 atom stereocenters.